The molecule has 0 amide bonds. The lowest BCUT2D eigenvalue weighted by molar-refractivity contribution is -0.142. The van der Waals surface area contributed by atoms with Gasteiger partial charge in [-0.3, -0.25) is 4.79 Å². The topological polar surface area (TPSA) is 86.7 Å². The van der Waals surface area contributed by atoms with E-state index in [1.165, 1.54) is 4.31 Å². The van der Waals surface area contributed by atoms with Gasteiger partial charge in [0.25, 0.3) is 10.2 Å². The Kier molecular flexibility index (Phi) is 3.15. The van der Waals surface area contributed by atoms with E-state index in [4.69, 9.17) is 5.11 Å². The number of hydrogen-bond donors (Lipinski definition) is 2. The molecule has 19 heavy (non-hydrogen) atoms. The van der Waals surface area contributed by atoms with Crippen molar-refractivity contribution in [3.05, 3.63) is 12.2 Å². The van der Waals surface area contributed by atoms with Gasteiger partial charge in [0.1, 0.15) is 0 Å². The first-order valence-corrected chi connectivity index (χ1v) is 8.08. The van der Waals surface area contributed by atoms with Crippen molar-refractivity contribution in [2.24, 2.45) is 17.8 Å². The SMILES string of the molecule is O=C(O)[C@@H]1C[C@H](NS(=O)(=O)N2CC=CCC2)[C@H]2C[C@H]21. The Hall–Kier alpha value is -0.920. The van der Waals surface area contributed by atoms with Crippen molar-refractivity contribution in [2.75, 3.05) is 13.1 Å². The molecule has 0 saturated heterocycles. The normalized spacial score (nSPS) is 38.1. The molecular formula is C12H18N2O4S. The van der Waals surface area contributed by atoms with E-state index in [1.54, 1.807) is 0 Å². The molecule has 0 aromatic heterocycles. The Labute approximate surface area is 112 Å². The summed E-state index contributed by atoms with van der Waals surface area (Å²) in [5.41, 5.74) is 0. The summed E-state index contributed by atoms with van der Waals surface area (Å²) in [5, 5.41) is 9.08. The molecule has 0 bridgehead atoms. The van der Waals surface area contributed by atoms with Crippen LogP contribution < -0.4 is 4.72 Å². The third kappa shape index (κ3) is 2.42. The summed E-state index contributed by atoms with van der Waals surface area (Å²) in [5.74, 6) is -0.781. The maximum absolute atomic E-state index is 12.2. The Morgan fingerprint density at radius 2 is 2.05 bits per heavy atom. The number of nitrogens with one attached hydrogen (secondary N) is 1. The summed E-state index contributed by atoms with van der Waals surface area (Å²) in [7, 11) is -3.48. The highest BCUT2D eigenvalue weighted by Gasteiger charge is 2.57. The lowest BCUT2D eigenvalue weighted by atomic mass is 10.0. The summed E-state index contributed by atoms with van der Waals surface area (Å²) in [6, 6.07) is -0.206. The third-order valence-corrected chi connectivity index (χ3v) is 6.02. The van der Waals surface area contributed by atoms with Crippen LogP contribution in [0.5, 0.6) is 0 Å². The fourth-order valence-electron chi connectivity index (χ4n) is 3.31. The van der Waals surface area contributed by atoms with Crippen molar-refractivity contribution < 1.29 is 18.3 Å². The van der Waals surface area contributed by atoms with E-state index >= 15 is 0 Å². The highest BCUT2D eigenvalue weighted by molar-refractivity contribution is 7.87. The quantitative estimate of drug-likeness (QED) is 0.722. The Morgan fingerprint density at radius 1 is 1.26 bits per heavy atom. The van der Waals surface area contributed by atoms with Crippen molar-refractivity contribution in [3.8, 4) is 0 Å². The maximum atomic E-state index is 12.2. The number of carboxylic acids is 1. The zero-order valence-corrected chi connectivity index (χ0v) is 11.3. The molecule has 4 atom stereocenters. The first-order valence-electron chi connectivity index (χ1n) is 6.64. The van der Waals surface area contributed by atoms with E-state index < -0.39 is 16.2 Å². The first-order chi connectivity index (χ1) is 8.99. The summed E-state index contributed by atoms with van der Waals surface area (Å²) >= 11 is 0. The van der Waals surface area contributed by atoms with Crippen LogP contribution in [0.25, 0.3) is 0 Å². The predicted octanol–water partition coefficient (Wildman–Crippen LogP) is 0.192. The first kappa shape index (κ1) is 13.1. The Balaban J connectivity index is 1.66. The second-order valence-corrected chi connectivity index (χ2v) is 7.29. The number of fused-ring (bicyclic) bond motifs is 1. The van der Waals surface area contributed by atoms with E-state index in [1.807, 2.05) is 12.2 Å². The minimum atomic E-state index is -3.48. The molecule has 6 nitrogen and oxygen atoms in total. The van der Waals surface area contributed by atoms with Gasteiger partial charge in [-0.25, -0.2) is 0 Å². The lowest BCUT2D eigenvalue weighted by Crippen LogP contribution is -2.46. The van der Waals surface area contributed by atoms with Crippen LogP contribution in [0.3, 0.4) is 0 Å². The molecule has 106 valence electrons. The standard InChI is InChI=1S/C12H18N2O4S/c15-12(16)10-7-11(9-6-8(9)10)13-19(17,18)14-4-2-1-3-5-14/h1-2,8-11,13H,3-7H2,(H,15,16)/t8-,9+,10-,11+/m1/s1. The largest absolute Gasteiger partial charge is 0.481 e. The van der Waals surface area contributed by atoms with Crippen molar-refractivity contribution >= 4 is 16.2 Å². The van der Waals surface area contributed by atoms with Gasteiger partial charge in [-0.1, -0.05) is 12.2 Å². The number of carbonyl (C=O) groups is 1. The molecule has 7 heteroatoms. The van der Waals surface area contributed by atoms with Crippen LogP contribution in [0.15, 0.2) is 12.2 Å². The molecule has 3 aliphatic rings. The number of nitrogens with zero attached hydrogens (tertiary/aromatic N) is 1. The number of rotatable bonds is 4. The van der Waals surface area contributed by atoms with Gasteiger partial charge in [0.05, 0.1) is 5.92 Å². The van der Waals surface area contributed by atoms with Crippen molar-refractivity contribution in [1.29, 1.82) is 0 Å². The van der Waals surface area contributed by atoms with E-state index in [0.717, 1.165) is 12.8 Å². The minimum Gasteiger partial charge on any atom is -0.481 e. The van der Waals surface area contributed by atoms with Crippen LogP contribution in [-0.2, 0) is 15.0 Å². The second kappa shape index (κ2) is 4.57. The van der Waals surface area contributed by atoms with Crippen LogP contribution in [-0.4, -0.2) is 42.9 Å². The summed E-state index contributed by atoms with van der Waals surface area (Å²) in [6.07, 6.45) is 5.81. The third-order valence-electron chi connectivity index (χ3n) is 4.41. The van der Waals surface area contributed by atoms with Gasteiger partial charge >= 0.3 is 5.97 Å². The fraction of sp³-hybridized carbons (Fsp3) is 0.750. The average Bonchev–Trinajstić information content (AvgIpc) is 3.08. The molecular weight excluding hydrogens is 268 g/mol. The maximum Gasteiger partial charge on any atom is 0.306 e. The molecule has 2 saturated carbocycles. The van der Waals surface area contributed by atoms with E-state index in [9.17, 15) is 13.2 Å². The average molecular weight is 286 g/mol. The molecule has 0 aromatic carbocycles. The summed E-state index contributed by atoms with van der Waals surface area (Å²) in [6.45, 7) is 0.896. The molecule has 2 aliphatic carbocycles. The fourth-order valence-corrected chi connectivity index (χ4v) is 4.74. The van der Waals surface area contributed by atoms with Crippen LogP contribution >= 0.6 is 0 Å². The van der Waals surface area contributed by atoms with Crippen LogP contribution in [0.2, 0.25) is 0 Å². The molecule has 2 N–H and O–H groups in total. The van der Waals surface area contributed by atoms with Crippen molar-refractivity contribution in [3.63, 3.8) is 0 Å². The second-order valence-electron chi connectivity index (χ2n) is 5.59. The molecule has 1 heterocycles. The van der Waals surface area contributed by atoms with Crippen molar-refractivity contribution in [1.82, 2.24) is 9.03 Å². The van der Waals surface area contributed by atoms with Gasteiger partial charge in [0, 0.05) is 19.1 Å². The van der Waals surface area contributed by atoms with Crippen LogP contribution in [0, 0.1) is 17.8 Å². The lowest BCUT2D eigenvalue weighted by Gasteiger charge is -2.25. The number of aliphatic carboxylic acids is 1. The minimum absolute atomic E-state index is 0.173. The highest BCUT2D eigenvalue weighted by Crippen LogP contribution is 2.55. The van der Waals surface area contributed by atoms with E-state index in [0.29, 0.717) is 19.5 Å². The molecule has 3 rings (SSSR count). The Bertz CT molecular complexity index is 516. The molecule has 0 spiro atoms. The molecule has 0 unspecified atom stereocenters. The zero-order chi connectivity index (χ0) is 13.6. The number of hydrogen-bond acceptors (Lipinski definition) is 3. The van der Waals surface area contributed by atoms with Gasteiger partial charge in [-0.15, -0.1) is 0 Å². The monoisotopic (exact) mass is 286 g/mol. The van der Waals surface area contributed by atoms with Crippen LogP contribution in [0.1, 0.15) is 19.3 Å². The van der Waals surface area contributed by atoms with Crippen LogP contribution in [0.4, 0.5) is 0 Å². The van der Waals surface area contributed by atoms with E-state index in [2.05, 4.69) is 4.72 Å². The zero-order valence-electron chi connectivity index (χ0n) is 10.5. The van der Waals surface area contributed by atoms with Gasteiger partial charge in [-0.05, 0) is 31.1 Å². The van der Waals surface area contributed by atoms with Gasteiger partial charge < -0.3 is 5.11 Å². The van der Waals surface area contributed by atoms with Gasteiger partial charge in [0.2, 0.25) is 0 Å². The highest BCUT2D eigenvalue weighted by atomic mass is 32.2. The molecule has 2 fully saturated rings. The predicted molar refractivity (Wildman–Crippen MR) is 68.5 cm³/mol. The summed E-state index contributed by atoms with van der Waals surface area (Å²) in [4.78, 5) is 11.1. The smallest absolute Gasteiger partial charge is 0.306 e. The van der Waals surface area contributed by atoms with E-state index in [-0.39, 0.29) is 23.8 Å². The number of carboxylic acid groups (broad SMARTS) is 1. The Morgan fingerprint density at radius 3 is 2.63 bits per heavy atom. The van der Waals surface area contributed by atoms with Gasteiger partial charge in [0.15, 0.2) is 0 Å². The molecule has 1 aliphatic heterocycles. The molecule has 0 aromatic rings. The molecule has 0 radical (unpaired) electrons. The van der Waals surface area contributed by atoms with Gasteiger partial charge in [-0.2, -0.15) is 17.4 Å². The van der Waals surface area contributed by atoms with Crippen molar-refractivity contribution in [2.45, 2.75) is 25.3 Å². The summed E-state index contributed by atoms with van der Waals surface area (Å²) < 4.78 is 28.5.